The molecule has 4 nitrogen and oxygen atoms in total. The molecule has 0 atom stereocenters. The molecule has 0 aliphatic carbocycles. The van der Waals surface area contributed by atoms with Gasteiger partial charge in [0.05, 0.1) is 26.4 Å². The quantitative estimate of drug-likeness (QED) is 0.589. The average molecular weight is 323 g/mol. The molecule has 0 unspecified atom stereocenters. The van der Waals surface area contributed by atoms with E-state index in [1.807, 2.05) is 0 Å². The molecular formula is C12H16BrFO4. The Morgan fingerprint density at radius 3 is 2.67 bits per heavy atom. The standard InChI is InChI=1S/C12H16BrFO4/c1-16-2-3-17-8-18-7-10-5-12(14)9(6-15)4-11(10)13/h4-5,15H,2-3,6-8H2,1H3. The van der Waals surface area contributed by atoms with Crippen molar-refractivity contribution in [3.05, 3.63) is 33.5 Å². The second kappa shape index (κ2) is 8.55. The maximum atomic E-state index is 13.4. The van der Waals surface area contributed by atoms with Crippen molar-refractivity contribution in [3.63, 3.8) is 0 Å². The van der Waals surface area contributed by atoms with Crippen LogP contribution in [-0.4, -0.2) is 32.2 Å². The minimum Gasteiger partial charge on any atom is -0.392 e. The average Bonchev–Trinajstić information content (AvgIpc) is 2.37. The lowest BCUT2D eigenvalue weighted by Gasteiger charge is -2.09. The molecule has 18 heavy (non-hydrogen) atoms. The largest absolute Gasteiger partial charge is 0.392 e. The Bertz CT molecular complexity index is 373. The third kappa shape index (κ3) is 4.99. The maximum Gasteiger partial charge on any atom is 0.147 e. The Kier molecular flexibility index (Phi) is 7.38. The van der Waals surface area contributed by atoms with Crippen LogP contribution in [0.25, 0.3) is 0 Å². The Morgan fingerprint density at radius 2 is 2.00 bits per heavy atom. The number of methoxy groups -OCH3 is 1. The second-order valence-electron chi connectivity index (χ2n) is 3.56. The first-order valence-corrected chi connectivity index (χ1v) is 6.20. The van der Waals surface area contributed by atoms with Gasteiger partial charge < -0.3 is 19.3 Å². The Balaban J connectivity index is 2.40. The third-order valence-corrected chi connectivity index (χ3v) is 2.98. The highest BCUT2D eigenvalue weighted by atomic mass is 79.9. The maximum absolute atomic E-state index is 13.4. The Hall–Kier alpha value is -0.530. The summed E-state index contributed by atoms with van der Waals surface area (Å²) in [5.41, 5.74) is 0.919. The van der Waals surface area contributed by atoms with Gasteiger partial charge in [-0.2, -0.15) is 0 Å². The fourth-order valence-corrected chi connectivity index (χ4v) is 1.78. The summed E-state index contributed by atoms with van der Waals surface area (Å²) in [6, 6.07) is 2.88. The molecular weight excluding hydrogens is 307 g/mol. The fourth-order valence-electron chi connectivity index (χ4n) is 1.27. The van der Waals surface area contributed by atoms with Crippen molar-refractivity contribution in [2.24, 2.45) is 0 Å². The topological polar surface area (TPSA) is 47.9 Å². The highest BCUT2D eigenvalue weighted by Gasteiger charge is 2.07. The molecule has 0 spiro atoms. The number of aliphatic hydroxyl groups is 1. The molecule has 102 valence electrons. The van der Waals surface area contributed by atoms with Crippen LogP contribution in [0.1, 0.15) is 11.1 Å². The highest BCUT2D eigenvalue weighted by Crippen LogP contribution is 2.22. The van der Waals surface area contributed by atoms with E-state index in [9.17, 15) is 4.39 Å². The van der Waals surface area contributed by atoms with Crippen molar-refractivity contribution in [2.75, 3.05) is 27.1 Å². The molecule has 0 bridgehead atoms. The van der Waals surface area contributed by atoms with Gasteiger partial charge >= 0.3 is 0 Å². The summed E-state index contributed by atoms with van der Waals surface area (Å²) < 4.78 is 29.3. The smallest absolute Gasteiger partial charge is 0.147 e. The lowest BCUT2D eigenvalue weighted by molar-refractivity contribution is -0.0726. The molecule has 6 heteroatoms. The predicted octanol–water partition coefficient (Wildman–Crippen LogP) is 2.22. The van der Waals surface area contributed by atoms with E-state index in [1.165, 1.54) is 6.07 Å². The summed E-state index contributed by atoms with van der Waals surface area (Å²) in [5.74, 6) is -0.445. The van der Waals surface area contributed by atoms with E-state index in [0.29, 0.717) is 23.2 Å². The molecule has 0 aliphatic heterocycles. The van der Waals surface area contributed by atoms with Gasteiger partial charge in [0.2, 0.25) is 0 Å². The van der Waals surface area contributed by atoms with Crippen molar-refractivity contribution in [1.29, 1.82) is 0 Å². The normalized spacial score (nSPS) is 10.9. The molecule has 0 aliphatic rings. The van der Waals surface area contributed by atoms with Crippen molar-refractivity contribution >= 4 is 15.9 Å². The first kappa shape index (κ1) is 15.5. The molecule has 0 saturated heterocycles. The predicted molar refractivity (Wildman–Crippen MR) is 67.5 cm³/mol. The van der Waals surface area contributed by atoms with Crippen LogP contribution in [0.5, 0.6) is 0 Å². The van der Waals surface area contributed by atoms with Crippen LogP contribution in [0.4, 0.5) is 4.39 Å². The van der Waals surface area contributed by atoms with E-state index >= 15 is 0 Å². The van der Waals surface area contributed by atoms with Gasteiger partial charge in [0.15, 0.2) is 0 Å². The lowest BCUT2D eigenvalue weighted by atomic mass is 10.1. The summed E-state index contributed by atoms with van der Waals surface area (Å²) >= 11 is 3.30. The zero-order chi connectivity index (χ0) is 13.4. The van der Waals surface area contributed by atoms with Crippen LogP contribution in [0.15, 0.2) is 16.6 Å². The van der Waals surface area contributed by atoms with Gasteiger partial charge in [0, 0.05) is 17.1 Å². The van der Waals surface area contributed by atoms with Gasteiger partial charge in [-0.25, -0.2) is 4.39 Å². The summed E-state index contributed by atoms with van der Waals surface area (Å²) in [5, 5.41) is 8.91. The van der Waals surface area contributed by atoms with E-state index in [4.69, 9.17) is 19.3 Å². The van der Waals surface area contributed by atoms with Crippen LogP contribution in [0.2, 0.25) is 0 Å². The summed E-state index contributed by atoms with van der Waals surface area (Å²) in [6.45, 7) is 0.990. The number of halogens is 2. The number of benzene rings is 1. The zero-order valence-electron chi connectivity index (χ0n) is 10.1. The summed E-state index contributed by atoms with van der Waals surface area (Å²) in [7, 11) is 1.59. The molecule has 1 aromatic rings. The molecule has 0 heterocycles. The number of ether oxygens (including phenoxy) is 3. The second-order valence-corrected chi connectivity index (χ2v) is 4.41. The SMILES string of the molecule is COCCOCOCc1cc(F)c(CO)cc1Br. The summed E-state index contributed by atoms with van der Waals surface area (Å²) in [4.78, 5) is 0. The van der Waals surface area contributed by atoms with Gasteiger partial charge in [-0.1, -0.05) is 15.9 Å². The number of aliphatic hydroxyl groups excluding tert-OH is 1. The monoisotopic (exact) mass is 322 g/mol. The van der Waals surface area contributed by atoms with Crippen molar-refractivity contribution < 1.29 is 23.7 Å². The first-order valence-electron chi connectivity index (χ1n) is 5.41. The molecule has 1 N–H and O–H groups in total. The zero-order valence-corrected chi connectivity index (χ0v) is 11.7. The third-order valence-electron chi connectivity index (χ3n) is 2.24. The van der Waals surface area contributed by atoms with Crippen LogP contribution in [-0.2, 0) is 27.4 Å². The van der Waals surface area contributed by atoms with E-state index in [-0.39, 0.29) is 25.6 Å². The molecule has 1 aromatic carbocycles. The molecule has 0 fully saturated rings. The minimum atomic E-state index is -0.445. The molecule has 1 rings (SSSR count). The molecule has 0 aromatic heterocycles. The van der Waals surface area contributed by atoms with Gasteiger partial charge in [-0.3, -0.25) is 0 Å². The number of hydrogen-bond acceptors (Lipinski definition) is 4. The summed E-state index contributed by atoms with van der Waals surface area (Å²) in [6.07, 6.45) is 0. The van der Waals surface area contributed by atoms with E-state index in [1.54, 1.807) is 13.2 Å². The van der Waals surface area contributed by atoms with Crippen LogP contribution in [0.3, 0.4) is 0 Å². The minimum absolute atomic E-state index is 0.124. The van der Waals surface area contributed by atoms with Crippen molar-refractivity contribution in [1.82, 2.24) is 0 Å². The fraction of sp³-hybridized carbons (Fsp3) is 0.500. The van der Waals surface area contributed by atoms with Gasteiger partial charge in [-0.05, 0) is 17.7 Å². The van der Waals surface area contributed by atoms with E-state index < -0.39 is 5.82 Å². The number of hydrogen-bond donors (Lipinski definition) is 1. The van der Waals surface area contributed by atoms with Gasteiger partial charge in [-0.15, -0.1) is 0 Å². The Morgan fingerprint density at radius 1 is 1.22 bits per heavy atom. The first-order chi connectivity index (χ1) is 8.69. The number of rotatable bonds is 8. The van der Waals surface area contributed by atoms with E-state index in [0.717, 1.165) is 0 Å². The Labute approximate surface area is 114 Å². The highest BCUT2D eigenvalue weighted by molar-refractivity contribution is 9.10. The van der Waals surface area contributed by atoms with Crippen LogP contribution in [0, 0.1) is 5.82 Å². The molecule has 0 radical (unpaired) electrons. The van der Waals surface area contributed by atoms with Gasteiger partial charge in [0.25, 0.3) is 0 Å². The van der Waals surface area contributed by atoms with Crippen LogP contribution >= 0.6 is 15.9 Å². The molecule has 0 saturated carbocycles. The van der Waals surface area contributed by atoms with Crippen molar-refractivity contribution in [2.45, 2.75) is 13.2 Å². The van der Waals surface area contributed by atoms with Crippen LogP contribution < -0.4 is 0 Å². The molecule has 0 amide bonds. The van der Waals surface area contributed by atoms with E-state index in [2.05, 4.69) is 15.9 Å². The van der Waals surface area contributed by atoms with Gasteiger partial charge in [0.1, 0.15) is 12.6 Å². The van der Waals surface area contributed by atoms with Crippen molar-refractivity contribution in [3.8, 4) is 0 Å². The lowest BCUT2D eigenvalue weighted by Crippen LogP contribution is -2.06.